The molecule has 0 aromatic heterocycles. The maximum absolute atomic E-state index is 5.78. The molecule has 0 aliphatic rings. The third-order valence-corrected chi connectivity index (χ3v) is 7.28. The van der Waals surface area contributed by atoms with Crippen LogP contribution in [-0.2, 0) is 0 Å². The van der Waals surface area contributed by atoms with Crippen LogP contribution in [0.15, 0.2) is 127 Å². The first kappa shape index (κ1) is 33.4. The Morgan fingerprint density at radius 2 is 1.00 bits per heavy atom. The number of rotatable bonds is 9. The van der Waals surface area contributed by atoms with Crippen molar-refractivity contribution in [3.8, 4) is 5.75 Å². The summed E-state index contributed by atoms with van der Waals surface area (Å²) in [7, 11) is 0. The molecule has 0 saturated carbocycles. The fourth-order valence-electron chi connectivity index (χ4n) is 4.89. The van der Waals surface area contributed by atoms with Crippen molar-refractivity contribution < 1.29 is 4.74 Å². The molecule has 6 aromatic rings. The predicted octanol–water partition coefficient (Wildman–Crippen LogP) is 11.7. The zero-order valence-electron chi connectivity index (χ0n) is 27.9. The van der Waals surface area contributed by atoms with E-state index in [2.05, 4.69) is 161 Å². The van der Waals surface area contributed by atoms with E-state index in [0.29, 0.717) is 17.8 Å². The van der Waals surface area contributed by atoms with Crippen molar-refractivity contribution in [2.24, 2.45) is 17.8 Å². The van der Waals surface area contributed by atoms with Gasteiger partial charge in [-0.05, 0) is 63.6 Å². The Hall–Kier alpha value is -4.50. The second-order valence-corrected chi connectivity index (χ2v) is 12.8. The number of anilines is 2. The average molecular weight is 599 g/mol. The first-order valence-corrected chi connectivity index (χ1v) is 16.3. The molecule has 3 nitrogen and oxygen atoms in total. The fourth-order valence-corrected chi connectivity index (χ4v) is 4.89. The lowest BCUT2D eigenvalue weighted by Crippen LogP contribution is -2.07. The minimum absolute atomic E-state index is 0.559. The maximum Gasteiger partial charge on any atom is 0.127 e. The van der Waals surface area contributed by atoms with Crippen LogP contribution in [0.2, 0.25) is 0 Å². The molecule has 6 aromatic carbocycles. The van der Waals surface area contributed by atoms with Gasteiger partial charge in [0.25, 0.3) is 0 Å². The Labute approximate surface area is 270 Å². The summed E-state index contributed by atoms with van der Waals surface area (Å²) in [5, 5.41) is 14.6. The Kier molecular flexibility index (Phi) is 12.7. The molecule has 0 aliphatic heterocycles. The van der Waals surface area contributed by atoms with E-state index in [-0.39, 0.29) is 0 Å². The number of hydrogen-bond donors (Lipinski definition) is 2. The topological polar surface area (TPSA) is 33.3 Å². The summed E-state index contributed by atoms with van der Waals surface area (Å²) in [5.74, 6) is 2.89. The molecule has 2 N–H and O–H groups in total. The molecule has 0 atom stereocenters. The van der Waals surface area contributed by atoms with Gasteiger partial charge in [0.1, 0.15) is 5.75 Å². The molecule has 0 radical (unpaired) electrons. The van der Waals surface area contributed by atoms with Crippen LogP contribution in [-0.4, -0.2) is 19.7 Å². The van der Waals surface area contributed by atoms with Gasteiger partial charge >= 0.3 is 0 Å². The summed E-state index contributed by atoms with van der Waals surface area (Å²) in [6, 6.07) is 44.3. The molecule has 0 aliphatic carbocycles. The van der Waals surface area contributed by atoms with Gasteiger partial charge in [-0.25, -0.2) is 0 Å². The van der Waals surface area contributed by atoms with Crippen LogP contribution in [0, 0.1) is 17.8 Å². The van der Waals surface area contributed by atoms with Gasteiger partial charge in [0, 0.05) is 35.2 Å². The second kappa shape index (κ2) is 17.1. The Balaban J connectivity index is 0.000000154. The standard InChI is InChI=1S/2C14H17N.C14H16O/c1-11(2)10-15-14-9-5-7-12-6-3-4-8-13(12)14;1-11(2)10-15-14-8-7-12-5-3-4-6-13(12)9-14;1-11(2)10-15-14-9-5-7-12-6-3-4-8-13(12)14/h2*3-9,11,15H,10H2,1-2H3;3-9,11H,10H2,1-2H3. The fraction of sp³-hybridized carbons (Fsp3) is 0.286. The quantitative estimate of drug-likeness (QED) is 0.174. The lowest BCUT2D eigenvalue weighted by molar-refractivity contribution is 0.274. The van der Waals surface area contributed by atoms with Crippen molar-refractivity contribution in [2.45, 2.75) is 41.5 Å². The van der Waals surface area contributed by atoms with Crippen LogP contribution in [0.4, 0.5) is 11.4 Å². The highest BCUT2D eigenvalue weighted by molar-refractivity contribution is 5.93. The van der Waals surface area contributed by atoms with Gasteiger partial charge in [-0.3, -0.25) is 0 Å². The number of hydrogen-bond acceptors (Lipinski definition) is 3. The average Bonchev–Trinajstić information content (AvgIpc) is 3.06. The van der Waals surface area contributed by atoms with Gasteiger partial charge < -0.3 is 15.4 Å². The Morgan fingerprint density at radius 3 is 1.67 bits per heavy atom. The van der Waals surface area contributed by atoms with Crippen LogP contribution in [0.25, 0.3) is 32.3 Å². The molecular formula is C42H50N2O. The maximum atomic E-state index is 5.78. The van der Waals surface area contributed by atoms with E-state index in [1.807, 2.05) is 18.2 Å². The molecular weight excluding hydrogens is 548 g/mol. The van der Waals surface area contributed by atoms with E-state index >= 15 is 0 Å². The van der Waals surface area contributed by atoms with Crippen LogP contribution < -0.4 is 15.4 Å². The van der Waals surface area contributed by atoms with Crippen LogP contribution in [0.1, 0.15) is 41.5 Å². The van der Waals surface area contributed by atoms with E-state index in [9.17, 15) is 0 Å². The van der Waals surface area contributed by atoms with Crippen LogP contribution >= 0.6 is 0 Å². The monoisotopic (exact) mass is 598 g/mol. The predicted molar refractivity (Wildman–Crippen MR) is 199 cm³/mol. The third kappa shape index (κ3) is 10.6. The number of fused-ring (bicyclic) bond motifs is 3. The third-order valence-electron chi connectivity index (χ3n) is 7.28. The SMILES string of the molecule is CC(C)CNc1ccc2ccccc2c1.CC(C)CNc1cccc2ccccc12.CC(C)COc1cccc2ccccc12. The molecule has 0 unspecified atom stereocenters. The lowest BCUT2D eigenvalue weighted by Gasteiger charge is -2.11. The minimum Gasteiger partial charge on any atom is -0.493 e. The summed E-state index contributed by atoms with van der Waals surface area (Å²) < 4.78 is 5.78. The first-order chi connectivity index (χ1) is 21.8. The second-order valence-electron chi connectivity index (χ2n) is 12.8. The van der Waals surface area contributed by atoms with Gasteiger partial charge in [0.15, 0.2) is 0 Å². The molecule has 0 heterocycles. The molecule has 0 spiro atoms. The molecule has 0 fully saturated rings. The van der Waals surface area contributed by atoms with Gasteiger partial charge in [0.05, 0.1) is 6.61 Å². The number of ether oxygens (including phenoxy) is 1. The highest BCUT2D eigenvalue weighted by Crippen LogP contribution is 2.26. The molecule has 234 valence electrons. The van der Waals surface area contributed by atoms with Gasteiger partial charge in [-0.1, -0.05) is 145 Å². The lowest BCUT2D eigenvalue weighted by atomic mass is 10.1. The van der Waals surface area contributed by atoms with Crippen LogP contribution in [0.3, 0.4) is 0 Å². The molecule has 3 heteroatoms. The number of nitrogens with one attached hydrogen (secondary N) is 2. The van der Waals surface area contributed by atoms with Crippen molar-refractivity contribution in [2.75, 3.05) is 30.3 Å². The van der Waals surface area contributed by atoms with E-state index in [1.165, 1.54) is 43.7 Å². The van der Waals surface area contributed by atoms with Crippen molar-refractivity contribution in [1.29, 1.82) is 0 Å². The molecule has 0 saturated heterocycles. The van der Waals surface area contributed by atoms with Crippen molar-refractivity contribution in [3.63, 3.8) is 0 Å². The van der Waals surface area contributed by atoms with E-state index < -0.39 is 0 Å². The van der Waals surface area contributed by atoms with E-state index in [0.717, 1.165) is 25.4 Å². The molecule has 0 bridgehead atoms. The summed E-state index contributed by atoms with van der Waals surface area (Å²) in [6.45, 7) is 16.0. The Bertz CT molecular complexity index is 1650. The van der Waals surface area contributed by atoms with Gasteiger partial charge in [-0.15, -0.1) is 0 Å². The summed E-state index contributed by atoms with van der Waals surface area (Å²) in [5.41, 5.74) is 2.45. The van der Waals surface area contributed by atoms with E-state index in [1.54, 1.807) is 0 Å². The summed E-state index contributed by atoms with van der Waals surface area (Å²) >= 11 is 0. The zero-order valence-corrected chi connectivity index (χ0v) is 27.9. The van der Waals surface area contributed by atoms with E-state index in [4.69, 9.17) is 4.74 Å². The smallest absolute Gasteiger partial charge is 0.127 e. The largest absolute Gasteiger partial charge is 0.493 e. The molecule has 45 heavy (non-hydrogen) atoms. The normalized spacial score (nSPS) is 10.9. The Morgan fingerprint density at radius 1 is 0.467 bits per heavy atom. The summed E-state index contributed by atoms with van der Waals surface area (Å²) in [6.07, 6.45) is 0. The summed E-state index contributed by atoms with van der Waals surface area (Å²) in [4.78, 5) is 0. The molecule has 6 rings (SSSR count). The van der Waals surface area contributed by atoms with Crippen molar-refractivity contribution in [1.82, 2.24) is 0 Å². The van der Waals surface area contributed by atoms with Gasteiger partial charge in [0.2, 0.25) is 0 Å². The van der Waals surface area contributed by atoms with Crippen molar-refractivity contribution in [3.05, 3.63) is 127 Å². The zero-order chi connectivity index (χ0) is 32.0. The molecule has 0 amide bonds. The van der Waals surface area contributed by atoms with Gasteiger partial charge in [-0.2, -0.15) is 0 Å². The van der Waals surface area contributed by atoms with Crippen molar-refractivity contribution >= 4 is 43.7 Å². The number of benzene rings is 6. The minimum atomic E-state index is 0.559. The highest BCUT2D eigenvalue weighted by Gasteiger charge is 2.02. The highest BCUT2D eigenvalue weighted by atomic mass is 16.5. The first-order valence-electron chi connectivity index (χ1n) is 16.3. The van der Waals surface area contributed by atoms with Crippen LogP contribution in [0.5, 0.6) is 5.75 Å².